The molecule has 3 heterocycles. The van der Waals surface area contributed by atoms with Gasteiger partial charge in [-0.3, -0.25) is 4.84 Å². The number of carbonyl (C=O) groups excluding carboxylic acids is 2. The van der Waals surface area contributed by atoms with Crippen molar-refractivity contribution in [1.29, 1.82) is 0 Å². The lowest BCUT2D eigenvalue weighted by atomic mass is 9.98. The number of hydrogen-bond acceptors (Lipinski definition) is 6. The monoisotopic (exact) mass is 442 g/mol. The standard InChI is InChI=1S/C23H30N4O5/c1-23(2,3)31-21(28)24-12-11-18-13-19(25-32-18)20-10-9-17-14-26(20)22(29)27(17)30-15-16-7-5-4-6-8-16/h4-8,13,17,20H,9-12,14-15H2,1-3H3,(H,24,28)/t17-,20-/m0/s1. The lowest BCUT2D eigenvalue weighted by Crippen LogP contribution is -2.34. The number of alkyl carbamates (subject to hydrolysis) is 1. The van der Waals surface area contributed by atoms with Crippen LogP contribution in [0.25, 0.3) is 0 Å². The summed E-state index contributed by atoms with van der Waals surface area (Å²) in [4.78, 5) is 32.4. The molecular formula is C23H30N4O5. The van der Waals surface area contributed by atoms with Gasteiger partial charge in [0.25, 0.3) is 0 Å². The summed E-state index contributed by atoms with van der Waals surface area (Å²) < 4.78 is 10.7. The lowest BCUT2D eigenvalue weighted by molar-refractivity contribution is -0.140. The maximum Gasteiger partial charge on any atom is 0.407 e. The number of urea groups is 1. The fourth-order valence-electron chi connectivity index (χ4n) is 4.03. The number of rotatable bonds is 7. The smallest absolute Gasteiger partial charge is 0.407 e. The molecule has 0 saturated carbocycles. The van der Waals surface area contributed by atoms with Crippen LogP contribution in [0.2, 0.25) is 0 Å². The molecule has 1 aromatic carbocycles. The third-order valence-electron chi connectivity index (χ3n) is 5.49. The molecule has 2 aliphatic heterocycles. The van der Waals surface area contributed by atoms with Crippen LogP contribution >= 0.6 is 0 Å². The van der Waals surface area contributed by atoms with Gasteiger partial charge >= 0.3 is 12.1 Å². The first kappa shape index (κ1) is 22.1. The number of aromatic nitrogens is 1. The van der Waals surface area contributed by atoms with E-state index in [0.717, 1.165) is 24.1 Å². The summed E-state index contributed by atoms with van der Waals surface area (Å²) in [5.74, 6) is 0.655. The number of hydroxylamine groups is 2. The predicted octanol–water partition coefficient (Wildman–Crippen LogP) is 3.81. The number of amides is 3. The average Bonchev–Trinajstić information content (AvgIpc) is 3.30. The van der Waals surface area contributed by atoms with Crippen LogP contribution in [0.4, 0.5) is 9.59 Å². The third-order valence-corrected chi connectivity index (χ3v) is 5.49. The van der Waals surface area contributed by atoms with Gasteiger partial charge < -0.3 is 19.5 Å². The lowest BCUT2D eigenvalue weighted by Gasteiger charge is -2.28. The van der Waals surface area contributed by atoms with Crippen molar-refractivity contribution in [3.63, 3.8) is 0 Å². The van der Waals surface area contributed by atoms with Gasteiger partial charge in [0, 0.05) is 25.6 Å². The first-order chi connectivity index (χ1) is 15.3. The number of nitrogens with zero attached hydrogens (tertiary/aromatic N) is 3. The van der Waals surface area contributed by atoms with Crippen LogP contribution in [0.3, 0.4) is 0 Å². The van der Waals surface area contributed by atoms with E-state index < -0.39 is 11.7 Å². The van der Waals surface area contributed by atoms with Crippen LogP contribution in [0, 0.1) is 0 Å². The summed E-state index contributed by atoms with van der Waals surface area (Å²) in [5.41, 5.74) is 1.21. The summed E-state index contributed by atoms with van der Waals surface area (Å²) >= 11 is 0. The molecule has 2 aliphatic rings. The highest BCUT2D eigenvalue weighted by Crippen LogP contribution is 2.38. The summed E-state index contributed by atoms with van der Waals surface area (Å²) in [6.07, 6.45) is 1.66. The number of benzene rings is 1. The van der Waals surface area contributed by atoms with Gasteiger partial charge in [0.2, 0.25) is 0 Å². The van der Waals surface area contributed by atoms with Crippen molar-refractivity contribution in [3.8, 4) is 0 Å². The predicted molar refractivity (Wildman–Crippen MR) is 115 cm³/mol. The zero-order valence-electron chi connectivity index (χ0n) is 18.7. The summed E-state index contributed by atoms with van der Waals surface area (Å²) in [6.45, 7) is 6.80. The fraction of sp³-hybridized carbons (Fsp3) is 0.522. The normalized spacial score (nSPS) is 20.5. The van der Waals surface area contributed by atoms with Gasteiger partial charge in [0.15, 0.2) is 0 Å². The Labute approximate surface area is 187 Å². The van der Waals surface area contributed by atoms with E-state index >= 15 is 0 Å². The van der Waals surface area contributed by atoms with E-state index in [1.807, 2.05) is 57.2 Å². The molecule has 4 rings (SSSR count). The van der Waals surface area contributed by atoms with Crippen molar-refractivity contribution >= 4 is 12.1 Å². The van der Waals surface area contributed by atoms with Gasteiger partial charge in [-0.05, 0) is 39.2 Å². The van der Waals surface area contributed by atoms with Crippen LogP contribution in [0.1, 0.15) is 56.7 Å². The third kappa shape index (κ3) is 5.21. The van der Waals surface area contributed by atoms with E-state index in [1.54, 1.807) is 4.90 Å². The molecule has 32 heavy (non-hydrogen) atoms. The van der Waals surface area contributed by atoms with Crippen molar-refractivity contribution in [2.45, 2.75) is 64.3 Å². The van der Waals surface area contributed by atoms with Crippen molar-refractivity contribution in [2.24, 2.45) is 0 Å². The van der Waals surface area contributed by atoms with Gasteiger partial charge in [-0.2, -0.15) is 5.06 Å². The molecule has 0 spiro atoms. The first-order valence-electron chi connectivity index (χ1n) is 11.0. The minimum atomic E-state index is -0.538. The Morgan fingerprint density at radius 3 is 2.78 bits per heavy atom. The molecule has 2 fully saturated rings. The number of ether oxygens (including phenoxy) is 1. The van der Waals surface area contributed by atoms with E-state index in [-0.39, 0.29) is 18.1 Å². The summed E-state index contributed by atoms with van der Waals surface area (Å²) in [6, 6.07) is 11.4. The second-order valence-corrected chi connectivity index (χ2v) is 9.16. The van der Waals surface area contributed by atoms with E-state index in [9.17, 15) is 9.59 Å². The zero-order chi connectivity index (χ0) is 22.7. The van der Waals surface area contributed by atoms with Gasteiger partial charge in [0.05, 0.1) is 12.1 Å². The van der Waals surface area contributed by atoms with Crippen LogP contribution in [-0.2, 0) is 22.6 Å². The van der Waals surface area contributed by atoms with Crippen molar-refractivity contribution in [1.82, 2.24) is 20.4 Å². The van der Waals surface area contributed by atoms with Crippen LogP contribution in [0.15, 0.2) is 40.9 Å². The maximum absolute atomic E-state index is 13.0. The average molecular weight is 443 g/mol. The number of fused-ring (bicyclic) bond motifs is 2. The maximum atomic E-state index is 13.0. The Bertz CT molecular complexity index is 939. The number of hydrogen-bond donors (Lipinski definition) is 1. The van der Waals surface area contributed by atoms with Gasteiger partial charge in [-0.15, -0.1) is 0 Å². The highest BCUT2D eigenvalue weighted by molar-refractivity contribution is 5.77. The van der Waals surface area contributed by atoms with Crippen molar-refractivity contribution in [3.05, 3.63) is 53.4 Å². The van der Waals surface area contributed by atoms with E-state index in [4.69, 9.17) is 14.1 Å². The highest BCUT2D eigenvalue weighted by atomic mass is 16.7. The molecule has 1 N–H and O–H groups in total. The fourth-order valence-corrected chi connectivity index (χ4v) is 4.03. The Hall–Kier alpha value is -3.07. The largest absolute Gasteiger partial charge is 0.444 e. The minimum absolute atomic E-state index is 0.0480. The molecule has 0 unspecified atom stereocenters. The molecule has 9 heteroatoms. The van der Waals surface area contributed by atoms with Crippen LogP contribution in [0.5, 0.6) is 0 Å². The number of nitrogens with one attached hydrogen (secondary N) is 1. The van der Waals surface area contributed by atoms with Gasteiger partial charge in [-0.25, -0.2) is 9.59 Å². The first-order valence-corrected chi connectivity index (χ1v) is 11.0. The number of carbonyl (C=O) groups is 2. The van der Waals surface area contributed by atoms with Crippen LogP contribution < -0.4 is 5.32 Å². The molecule has 2 saturated heterocycles. The van der Waals surface area contributed by atoms with Crippen molar-refractivity contribution < 1.29 is 23.7 Å². The minimum Gasteiger partial charge on any atom is -0.444 e. The molecule has 2 bridgehead atoms. The SMILES string of the molecule is CC(C)(C)OC(=O)NCCc1cc([C@@H]2CC[C@H]3CN2C(=O)N3OCc2ccccc2)no1. The Balaban J connectivity index is 1.30. The second kappa shape index (κ2) is 9.20. The molecule has 0 aliphatic carbocycles. The molecule has 9 nitrogen and oxygen atoms in total. The Morgan fingerprint density at radius 2 is 2.03 bits per heavy atom. The molecule has 2 aromatic rings. The quantitative estimate of drug-likeness (QED) is 0.700. The van der Waals surface area contributed by atoms with Gasteiger partial charge in [0.1, 0.15) is 23.7 Å². The van der Waals surface area contributed by atoms with Crippen molar-refractivity contribution in [2.75, 3.05) is 13.1 Å². The van der Waals surface area contributed by atoms with Gasteiger partial charge in [-0.1, -0.05) is 35.5 Å². The summed E-state index contributed by atoms with van der Waals surface area (Å²) in [5, 5.41) is 8.41. The van der Waals surface area contributed by atoms with E-state index in [2.05, 4.69) is 10.5 Å². The molecular weight excluding hydrogens is 412 g/mol. The molecule has 3 amide bonds. The Morgan fingerprint density at radius 1 is 1.25 bits per heavy atom. The van der Waals surface area contributed by atoms with E-state index in [0.29, 0.717) is 31.9 Å². The Kier molecular flexibility index (Phi) is 6.36. The topological polar surface area (TPSA) is 97.1 Å². The van der Waals surface area contributed by atoms with Crippen LogP contribution in [-0.4, -0.2) is 52.0 Å². The molecule has 172 valence electrons. The second-order valence-electron chi connectivity index (χ2n) is 9.16. The summed E-state index contributed by atoms with van der Waals surface area (Å²) in [7, 11) is 0. The molecule has 1 aromatic heterocycles. The molecule has 2 atom stereocenters. The number of piperidine rings is 1. The highest BCUT2D eigenvalue weighted by Gasteiger charge is 2.46. The molecule has 0 radical (unpaired) electrons. The van der Waals surface area contributed by atoms with E-state index in [1.165, 1.54) is 5.06 Å². The zero-order valence-corrected chi connectivity index (χ0v) is 18.7.